The quantitative estimate of drug-likeness (QED) is 0.765. The van der Waals surface area contributed by atoms with Crippen LogP contribution in [0.4, 0.5) is 0 Å². The van der Waals surface area contributed by atoms with E-state index in [-0.39, 0.29) is 5.92 Å². The normalized spacial score (nSPS) is 16.4. The third-order valence-corrected chi connectivity index (χ3v) is 3.08. The molecule has 0 radical (unpaired) electrons. The summed E-state index contributed by atoms with van der Waals surface area (Å²) in [7, 11) is 0. The number of carboxylic acid groups (broad SMARTS) is 1. The zero-order valence-corrected chi connectivity index (χ0v) is 9.10. The molecule has 1 rings (SSSR count). The molecule has 0 aromatic heterocycles. The van der Waals surface area contributed by atoms with Gasteiger partial charge in [0.2, 0.25) is 0 Å². The lowest BCUT2D eigenvalue weighted by molar-refractivity contribution is -0.146. The molecule has 0 aliphatic heterocycles. The van der Waals surface area contributed by atoms with Gasteiger partial charge >= 0.3 is 5.97 Å². The lowest BCUT2D eigenvalue weighted by Crippen LogP contribution is -2.30. The Labute approximate surface area is 90.3 Å². The van der Waals surface area contributed by atoms with Crippen LogP contribution in [-0.4, -0.2) is 11.1 Å². The van der Waals surface area contributed by atoms with Crippen molar-refractivity contribution in [2.75, 3.05) is 0 Å². The standard InChI is InChI=1S/C13H16O2/c1-4-13(3,12(14)15)10(2)11-8-6-5-7-9-11/h4-10H,1H2,2-3H3,(H,14,15)/t10-,13+/m1/s1. The first-order valence-corrected chi connectivity index (χ1v) is 4.94. The summed E-state index contributed by atoms with van der Waals surface area (Å²) in [5.74, 6) is -0.928. The van der Waals surface area contributed by atoms with Crippen LogP contribution in [0.5, 0.6) is 0 Å². The van der Waals surface area contributed by atoms with E-state index in [4.69, 9.17) is 0 Å². The predicted octanol–water partition coefficient (Wildman–Crippen LogP) is 3.07. The van der Waals surface area contributed by atoms with Gasteiger partial charge in [0, 0.05) is 5.92 Å². The maximum atomic E-state index is 11.2. The van der Waals surface area contributed by atoms with Crippen molar-refractivity contribution in [2.45, 2.75) is 19.8 Å². The van der Waals surface area contributed by atoms with Gasteiger partial charge in [-0.2, -0.15) is 0 Å². The Kier molecular flexibility index (Phi) is 3.30. The molecule has 0 saturated heterocycles. The summed E-state index contributed by atoms with van der Waals surface area (Å²) >= 11 is 0. The SMILES string of the molecule is C=C[C@](C)(C(=O)O)[C@H](C)c1ccccc1. The van der Waals surface area contributed by atoms with Gasteiger partial charge in [-0.3, -0.25) is 4.79 Å². The zero-order chi connectivity index (χ0) is 11.5. The number of hydrogen-bond donors (Lipinski definition) is 1. The van der Waals surface area contributed by atoms with E-state index in [1.807, 2.05) is 37.3 Å². The van der Waals surface area contributed by atoms with Gasteiger partial charge in [-0.05, 0) is 12.5 Å². The fourth-order valence-corrected chi connectivity index (χ4v) is 1.54. The van der Waals surface area contributed by atoms with Gasteiger partial charge in [0.15, 0.2) is 0 Å². The zero-order valence-electron chi connectivity index (χ0n) is 9.10. The van der Waals surface area contributed by atoms with Gasteiger partial charge in [0.05, 0.1) is 5.41 Å². The highest BCUT2D eigenvalue weighted by Crippen LogP contribution is 2.36. The molecule has 0 unspecified atom stereocenters. The number of aliphatic carboxylic acids is 1. The van der Waals surface area contributed by atoms with E-state index in [1.165, 1.54) is 6.08 Å². The van der Waals surface area contributed by atoms with E-state index in [9.17, 15) is 9.90 Å². The molecule has 2 heteroatoms. The van der Waals surface area contributed by atoms with Crippen LogP contribution in [0.1, 0.15) is 25.3 Å². The fraction of sp³-hybridized carbons (Fsp3) is 0.308. The summed E-state index contributed by atoms with van der Waals surface area (Å²) < 4.78 is 0. The first-order valence-electron chi connectivity index (χ1n) is 4.94. The van der Waals surface area contributed by atoms with E-state index in [1.54, 1.807) is 6.92 Å². The fourth-order valence-electron chi connectivity index (χ4n) is 1.54. The molecule has 0 spiro atoms. The molecule has 80 valence electrons. The van der Waals surface area contributed by atoms with Gasteiger partial charge in [-0.15, -0.1) is 6.58 Å². The molecule has 0 aliphatic rings. The van der Waals surface area contributed by atoms with Crippen LogP contribution in [-0.2, 0) is 4.79 Å². The van der Waals surface area contributed by atoms with E-state index < -0.39 is 11.4 Å². The highest BCUT2D eigenvalue weighted by Gasteiger charge is 2.36. The van der Waals surface area contributed by atoms with Gasteiger partial charge in [-0.1, -0.05) is 43.3 Å². The minimum Gasteiger partial charge on any atom is -0.481 e. The Morgan fingerprint density at radius 1 is 1.47 bits per heavy atom. The lowest BCUT2D eigenvalue weighted by Gasteiger charge is -2.28. The molecule has 0 bridgehead atoms. The monoisotopic (exact) mass is 204 g/mol. The first kappa shape index (κ1) is 11.5. The Bertz CT molecular complexity index is 356. The average Bonchev–Trinajstić information content (AvgIpc) is 2.28. The second kappa shape index (κ2) is 4.30. The maximum absolute atomic E-state index is 11.2. The molecule has 2 atom stereocenters. The Balaban J connectivity index is 3.07. The van der Waals surface area contributed by atoms with Crippen molar-refractivity contribution in [3.63, 3.8) is 0 Å². The molecule has 2 nitrogen and oxygen atoms in total. The average molecular weight is 204 g/mol. The first-order chi connectivity index (χ1) is 7.02. The van der Waals surface area contributed by atoms with Crippen LogP contribution in [0.25, 0.3) is 0 Å². The van der Waals surface area contributed by atoms with Gasteiger partial charge in [-0.25, -0.2) is 0 Å². The van der Waals surface area contributed by atoms with Crippen LogP contribution in [0, 0.1) is 5.41 Å². The summed E-state index contributed by atoms with van der Waals surface area (Å²) in [6, 6.07) is 9.63. The molecule has 0 aliphatic carbocycles. The smallest absolute Gasteiger partial charge is 0.313 e. The summed E-state index contributed by atoms with van der Waals surface area (Å²) in [4.78, 5) is 11.2. The second-order valence-electron chi connectivity index (χ2n) is 3.92. The largest absolute Gasteiger partial charge is 0.481 e. The Hall–Kier alpha value is -1.57. The van der Waals surface area contributed by atoms with Crippen LogP contribution in [0.3, 0.4) is 0 Å². The molecule has 0 fully saturated rings. The van der Waals surface area contributed by atoms with E-state index in [0.29, 0.717) is 0 Å². The molecule has 1 N–H and O–H groups in total. The number of carbonyl (C=O) groups is 1. The predicted molar refractivity (Wildman–Crippen MR) is 60.8 cm³/mol. The van der Waals surface area contributed by atoms with Crippen LogP contribution >= 0.6 is 0 Å². The minimum absolute atomic E-state index is 0.0892. The Morgan fingerprint density at radius 2 is 2.00 bits per heavy atom. The van der Waals surface area contributed by atoms with Crippen molar-refractivity contribution in [3.05, 3.63) is 48.6 Å². The number of benzene rings is 1. The van der Waals surface area contributed by atoms with Gasteiger partial charge in [0.1, 0.15) is 0 Å². The van der Waals surface area contributed by atoms with Crippen molar-refractivity contribution in [2.24, 2.45) is 5.41 Å². The third kappa shape index (κ3) is 2.09. The minimum atomic E-state index is -0.915. The number of carboxylic acids is 1. The molecule has 0 saturated carbocycles. The highest BCUT2D eigenvalue weighted by molar-refractivity contribution is 5.77. The second-order valence-corrected chi connectivity index (χ2v) is 3.92. The van der Waals surface area contributed by atoms with Crippen molar-refractivity contribution in [3.8, 4) is 0 Å². The molecule has 0 heterocycles. The maximum Gasteiger partial charge on any atom is 0.313 e. The van der Waals surface area contributed by atoms with E-state index in [2.05, 4.69) is 6.58 Å². The lowest BCUT2D eigenvalue weighted by atomic mass is 9.74. The van der Waals surface area contributed by atoms with E-state index >= 15 is 0 Å². The summed E-state index contributed by atoms with van der Waals surface area (Å²) in [5.41, 5.74) is 0.101. The number of hydrogen-bond acceptors (Lipinski definition) is 1. The van der Waals surface area contributed by atoms with Crippen molar-refractivity contribution in [1.29, 1.82) is 0 Å². The van der Waals surface area contributed by atoms with Crippen molar-refractivity contribution >= 4 is 5.97 Å². The van der Waals surface area contributed by atoms with E-state index in [0.717, 1.165) is 5.56 Å². The van der Waals surface area contributed by atoms with Crippen molar-refractivity contribution < 1.29 is 9.90 Å². The van der Waals surface area contributed by atoms with Crippen LogP contribution < -0.4 is 0 Å². The molecule has 0 amide bonds. The molecule has 1 aromatic rings. The summed E-state index contributed by atoms with van der Waals surface area (Å²) in [6.07, 6.45) is 1.51. The molecular weight excluding hydrogens is 188 g/mol. The van der Waals surface area contributed by atoms with Gasteiger partial charge in [0.25, 0.3) is 0 Å². The molecule has 1 aromatic carbocycles. The Morgan fingerprint density at radius 3 is 2.40 bits per heavy atom. The van der Waals surface area contributed by atoms with Crippen LogP contribution in [0.2, 0.25) is 0 Å². The summed E-state index contributed by atoms with van der Waals surface area (Å²) in [5, 5.41) is 9.19. The van der Waals surface area contributed by atoms with Crippen LogP contribution in [0.15, 0.2) is 43.0 Å². The third-order valence-electron chi connectivity index (χ3n) is 3.08. The number of rotatable bonds is 4. The van der Waals surface area contributed by atoms with Crippen molar-refractivity contribution in [1.82, 2.24) is 0 Å². The highest BCUT2D eigenvalue weighted by atomic mass is 16.4. The molecule has 15 heavy (non-hydrogen) atoms. The summed E-state index contributed by atoms with van der Waals surface area (Å²) in [6.45, 7) is 7.22. The molecular formula is C13H16O2. The topological polar surface area (TPSA) is 37.3 Å². The van der Waals surface area contributed by atoms with Gasteiger partial charge < -0.3 is 5.11 Å².